The number of nitrogens with one attached hydrogen (secondary N) is 2. The Kier molecular flexibility index (Phi) is 6.16. The topological polar surface area (TPSA) is 63.2 Å². The first-order chi connectivity index (χ1) is 13.5. The van der Waals surface area contributed by atoms with Crippen molar-refractivity contribution >= 4 is 17.4 Å². The molecule has 0 atom stereocenters. The summed E-state index contributed by atoms with van der Waals surface area (Å²) in [5.41, 5.74) is 1.34. The van der Waals surface area contributed by atoms with Gasteiger partial charge in [0.2, 0.25) is 0 Å². The summed E-state index contributed by atoms with van der Waals surface area (Å²) in [6, 6.07) is 14.0. The normalized spacial score (nSPS) is 10.4. The molecule has 0 unspecified atom stereocenters. The third-order valence-corrected chi connectivity index (χ3v) is 4.08. The number of methoxy groups -OCH3 is 1. The van der Waals surface area contributed by atoms with Gasteiger partial charge < -0.3 is 15.4 Å². The van der Waals surface area contributed by atoms with E-state index in [2.05, 4.69) is 15.6 Å². The molecule has 28 heavy (non-hydrogen) atoms. The van der Waals surface area contributed by atoms with E-state index in [9.17, 15) is 13.6 Å². The molecule has 2 aromatic carbocycles. The lowest BCUT2D eigenvalue weighted by Crippen LogP contribution is -2.14. The third kappa shape index (κ3) is 5.03. The first kappa shape index (κ1) is 19.3. The molecule has 144 valence electrons. The number of anilines is 2. The predicted molar refractivity (Wildman–Crippen MR) is 104 cm³/mol. The standard InChI is InChI=1S/C21H19F2N3O2/c1-28-17-6-2-14(3-7-17)10-11-24-20-9-5-16(13-25-20)26-21(27)18-8-4-15(22)12-19(18)23/h2-9,12-13H,10-11H2,1H3,(H,24,25)(H,26,27). The molecule has 0 radical (unpaired) electrons. The molecule has 5 nitrogen and oxygen atoms in total. The summed E-state index contributed by atoms with van der Waals surface area (Å²) in [5, 5.41) is 5.73. The van der Waals surface area contributed by atoms with Crippen molar-refractivity contribution in [3.63, 3.8) is 0 Å². The van der Waals surface area contributed by atoms with Crippen LogP contribution in [0.1, 0.15) is 15.9 Å². The summed E-state index contributed by atoms with van der Waals surface area (Å²) in [5.74, 6) is -0.849. The Labute approximate surface area is 161 Å². The second kappa shape index (κ2) is 8.94. The monoisotopic (exact) mass is 383 g/mol. The number of rotatable bonds is 7. The number of halogens is 2. The van der Waals surface area contributed by atoms with Crippen molar-refractivity contribution < 1.29 is 18.3 Å². The lowest BCUT2D eigenvalue weighted by atomic mass is 10.1. The molecule has 0 aliphatic rings. The molecule has 1 amide bonds. The highest BCUT2D eigenvalue weighted by molar-refractivity contribution is 6.04. The molecule has 0 bridgehead atoms. The van der Waals surface area contributed by atoms with E-state index in [1.807, 2.05) is 24.3 Å². The average Bonchev–Trinajstić information content (AvgIpc) is 2.69. The van der Waals surface area contributed by atoms with Crippen LogP contribution in [-0.4, -0.2) is 24.5 Å². The molecule has 0 aliphatic carbocycles. The Hall–Kier alpha value is -3.48. The van der Waals surface area contributed by atoms with Crippen molar-refractivity contribution in [2.75, 3.05) is 24.3 Å². The molecular weight excluding hydrogens is 364 g/mol. The summed E-state index contributed by atoms with van der Waals surface area (Å²) in [7, 11) is 1.63. The van der Waals surface area contributed by atoms with Gasteiger partial charge in [-0.05, 0) is 48.4 Å². The van der Waals surface area contributed by atoms with Crippen molar-refractivity contribution in [1.29, 1.82) is 0 Å². The van der Waals surface area contributed by atoms with Crippen LogP contribution < -0.4 is 15.4 Å². The van der Waals surface area contributed by atoms with Gasteiger partial charge in [-0.15, -0.1) is 0 Å². The minimum absolute atomic E-state index is 0.233. The van der Waals surface area contributed by atoms with Gasteiger partial charge in [-0.2, -0.15) is 0 Å². The van der Waals surface area contributed by atoms with Crippen LogP contribution in [0.2, 0.25) is 0 Å². The number of carbonyl (C=O) groups is 1. The Morgan fingerprint density at radius 1 is 1.07 bits per heavy atom. The molecule has 1 aromatic heterocycles. The summed E-state index contributed by atoms with van der Waals surface area (Å²) < 4.78 is 31.7. The SMILES string of the molecule is COc1ccc(CCNc2ccc(NC(=O)c3ccc(F)cc3F)cn2)cc1. The zero-order valence-corrected chi connectivity index (χ0v) is 15.2. The van der Waals surface area contributed by atoms with Gasteiger partial charge in [0.25, 0.3) is 5.91 Å². The zero-order valence-electron chi connectivity index (χ0n) is 15.2. The summed E-state index contributed by atoms with van der Waals surface area (Å²) >= 11 is 0. The molecule has 0 fully saturated rings. The van der Waals surface area contributed by atoms with Gasteiger partial charge in [-0.25, -0.2) is 13.8 Å². The summed E-state index contributed by atoms with van der Waals surface area (Å²) in [6.45, 7) is 0.686. The second-order valence-electron chi connectivity index (χ2n) is 6.04. The van der Waals surface area contributed by atoms with Gasteiger partial charge in [0.05, 0.1) is 24.6 Å². The molecule has 0 saturated carbocycles. The van der Waals surface area contributed by atoms with Crippen LogP contribution in [0, 0.1) is 11.6 Å². The quantitative estimate of drug-likeness (QED) is 0.639. The number of nitrogens with zero attached hydrogens (tertiary/aromatic N) is 1. The van der Waals surface area contributed by atoms with E-state index in [0.29, 0.717) is 24.1 Å². The minimum atomic E-state index is -0.915. The molecular formula is C21H19F2N3O2. The van der Waals surface area contributed by atoms with Crippen molar-refractivity contribution in [3.8, 4) is 5.75 Å². The molecule has 0 spiro atoms. The lowest BCUT2D eigenvalue weighted by Gasteiger charge is -2.09. The second-order valence-corrected chi connectivity index (χ2v) is 6.04. The number of pyridine rings is 1. The van der Waals surface area contributed by atoms with Crippen LogP contribution >= 0.6 is 0 Å². The summed E-state index contributed by atoms with van der Waals surface area (Å²) in [6.07, 6.45) is 2.28. The number of hydrogen-bond acceptors (Lipinski definition) is 4. The molecule has 0 saturated heterocycles. The number of benzene rings is 2. The van der Waals surface area contributed by atoms with Crippen LogP contribution in [0.25, 0.3) is 0 Å². The van der Waals surface area contributed by atoms with E-state index in [1.54, 1.807) is 19.2 Å². The van der Waals surface area contributed by atoms with E-state index < -0.39 is 17.5 Å². The van der Waals surface area contributed by atoms with Gasteiger partial charge >= 0.3 is 0 Å². The number of carbonyl (C=O) groups excluding carboxylic acids is 1. The highest BCUT2D eigenvalue weighted by Crippen LogP contribution is 2.15. The van der Waals surface area contributed by atoms with Crippen molar-refractivity contribution in [1.82, 2.24) is 4.98 Å². The van der Waals surface area contributed by atoms with E-state index in [-0.39, 0.29) is 5.56 Å². The number of hydrogen-bond donors (Lipinski definition) is 2. The Balaban J connectivity index is 1.52. The van der Waals surface area contributed by atoms with E-state index >= 15 is 0 Å². The van der Waals surface area contributed by atoms with Crippen molar-refractivity contribution in [2.24, 2.45) is 0 Å². The Morgan fingerprint density at radius 3 is 2.50 bits per heavy atom. The van der Waals surface area contributed by atoms with Crippen molar-refractivity contribution in [3.05, 3.63) is 83.6 Å². The van der Waals surface area contributed by atoms with Gasteiger partial charge in [0.15, 0.2) is 0 Å². The van der Waals surface area contributed by atoms with Crippen LogP contribution in [0.3, 0.4) is 0 Å². The molecule has 3 aromatic rings. The van der Waals surface area contributed by atoms with Crippen LogP contribution in [0.15, 0.2) is 60.8 Å². The predicted octanol–water partition coefficient (Wildman–Crippen LogP) is 4.28. The Morgan fingerprint density at radius 2 is 1.86 bits per heavy atom. The smallest absolute Gasteiger partial charge is 0.258 e. The zero-order chi connectivity index (χ0) is 19.9. The van der Waals surface area contributed by atoms with Gasteiger partial charge in [-0.3, -0.25) is 4.79 Å². The van der Waals surface area contributed by atoms with Crippen molar-refractivity contribution in [2.45, 2.75) is 6.42 Å². The molecule has 3 rings (SSSR count). The molecule has 0 aliphatic heterocycles. The van der Waals surface area contributed by atoms with E-state index in [1.165, 1.54) is 11.8 Å². The largest absolute Gasteiger partial charge is 0.497 e. The molecule has 2 N–H and O–H groups in total. The lowest BCUT2D eigenvalue weighted by molar-refractivity contribution is 0.102. The highest BCUT2D eigenvalue weighted by Gasteiger charge is 2.12. The number of amides is 1. The Bertz CT molecular complexity index is 945. The fourth-order valence-electron chi connectivity index (χ4n) is 2.57. The maximum Gasteiger partial charge on any atom is 0.258 e. The van der Waals surface area contributed by atoms with Crippen LogP contribution in [0.4, 0.5) is 20.3 Å². The number of ether oxygens (including phenoxy) is 1. The minimum Gasteiger partial charge on any atom is -0.497 e. The van der Waals surface area contributed by atoms with Gasteiger partial charge in [0, 0.05) is 12.6 Å². The maximum atomic E-state index is 13.7. The van der Waals surface area contributed by atoms with Gasteiger partial charge in [0.1, 0.15) is 23.2 Å². The van der Waals surface area contributed by atoms with Crippen LogP contribution in [-0.2, 0) is 6.42 Å². The highest BCUT2D eigenvalue weighted by atomic mass is 19.1. The van der Waals surface area contributed by atoms with Gasteiger partial charge in [-0.1, -0.05) is 12.1 Å². The maximum absolute atomic E-state index is 13.7. The summed E-state index contributed by atoms with van der Waals surface area (Å²) in [4.78, 5) is 16.3. The fourth-order valence-corrected chi connectivity index (χ4v) is 2.57. The first-order valence-electron chi connectivity index (χ1n) is 8.64. The fraction of sp³-hybridized carbons (Fsp3) is 0.143. The first-order valence-corrected chi connectivity index (χ1v) is 8.64. The molecule has 7 heteroatoms. The third-order valence-electron chi connectivity index (χ3n) is 4.08. The van der Waals surface area contributed by atoms with E-state index in [0.717, 1.165) is 24.3 Å². The average molecular weight is 383 g/mol. The molecule has 1 heterocycles. The van der Waals surface area contributed by atoms with E-state index in [4.69, 9.17) is 4.74 Å². The number of aromatic nitrogens is 1. The van der Waals surface area contributed by atoms with Crippen LogP contribution in [0.5, 0.6) is 5.75 Å².